The molecule has 0 aromatic carbocycles. The van der Waals surface area contributed by atoms with Gasteiger partial charge in [-0.1, -0.05) is 0 Å². The largest absolute Gasteiger partial charge is 0.341 e. The molecule has 1 aromatic rings. The zero-order valence-electron chi connectivity index (χ0n) is 11.3. The lowest BCUT2D eigenvalue weighted by Crippen LogP contribution is -2.30. The molecule has 0 aliphatic carbocycles. The zero-order chi connectivity index (χ0) is 14.4. The highest BCUT2D eigenvalue weighted by Crippen LogP contribution is 2.15. The molecule has 1 rings (SSSR count). The molecule has 1 heterocycles. The maximum absolute atomic E-state index is 12.4. The predicted molar refractivity (Wildman–Crippen MR) is 70.5 cm³/mol. The predicted octanol–water partition coefficient (Wildman–Crippen LogP) is 0.705. The van der Waals surface area contributed by atoms with Gasteiger partial charge in [-0.05, 0) is 13.8 Å². The number of halogens is 2. The van der Waals surface area contributed by atoms with E-state index in [0.717, 1.165) is 0 Å². The first-order valence-electron chi connectivity index (χ1n) is 5.98. The fourth-order valence-electron chi connectivity index (χ4n) is 1.53. The monoisotopic (exact) mass is 275 g/mol. The highest BCUT2D eigenvalue weighted by molar-refractivity contribution is 5.44. The molecule has 0 aliphatic rings. The van der Waals surface area contributed by atoms with Crippen LogP contribution in [0.2, 0.25) is 0 Å². The lowest BCUT2D eigenvalue weighted by molar-refractivity contribution is 0.156. The molecule has 3 N–H and O–H groups in total. The van der Waals surface area contributed by atoms with Crippen LogP contribution >= 0.6 is 0 Å². The van der Waals surface area contributed by atoms with Gasteiger partial charge in [0.1, 0.15) is 0 Å². The molecule has 0 spiro atoms. The number of nitrogens with one attached hydrogen (secondary N) is 1. The van der Waals surface area contributed by atoms with Crippen LogP contribution in [-0.4, -0.2) is 48.1 Å². The molecular formula is C10H19F2N7. The molecule has 0 amide bonds. The van der Waals surface area contributed by atoms with E-state index in [-0.39, 0.29) is 11.9 Å². The van der Waals surface area contributed by atoms with Crippen molar-refractivity contribution >= 4 is 17.8 Å². The van der Waals surface area contributed by atoms with Gasteiger partial charge in [0.25, 0.3) is 6.43 Å². The first kappa shape index (κ1) is 15.3. The molecular weight excluding hydrogens is 256 g/mol. The minimum atomic E-state index is -2.46. The number of rotatable bonds is 7. The number of nitrogens with two attached hydrogens (primary N) is 1. The summed E-state index contributed by atoms with van der Waals surface area (Å²) in [5.41, 5.74) is 2.32. The fraction of sp³-hybridized carbons (Fsp3) is 0.700. The number of hydrogen-bond donors (Lipinski definition) is 2. The van der Waals surface area contributed by atoms with Crippen LogP contribution in [0.25, 0.3) is 0 Å². The van der Waals surface area contributed by atoms with Gasteiger partial charge in [-0.15, -0.1) is 0 Å². The van der Waals surface area contributed by atoms with Crippen LogP contribution in [0.15, 0.2) is 0 Å². The van der Waals surface area contributed by atoms with Crippen molar-refractivity contribution in [3.63, 3.8) is 0 Å². The van der Waals surface area contributed by atoms with Gasteiger partial charge in [-0.25, -0.2) is 14.6 Å². The highest BCUT2D eigenvalue weighted by atomic mass is 19.3. The van der Waals surface area contributed by atoms with Crippen molar-refractivity contribution in [1.29, 1.82) is 0 Å². The van der Waals surface area contributed by atoms with Crippen LogP contribution in [0.4, 0.5) is 26.6 Å². The molecule has 0 unspecified atom stereocenters. The Morgan fingerprint density at radius 2 is 1.74 bits per heavy atom. The number of hydrazine groups is 1. The number of hydrogen-bond acceptors (Lipinski definition) is 7. The van der Waals surface area contributed by atoms with Crippen molar-refractivity contribution in [2.75, 3.05) is 41.9 Å². The second-order valence-corrected chi connectivity index (χ2v) is 3.85. The van der Waals surface area contributed by atoms with Gasteiger partial charge in [0.2, 0.25) is 17.8 Å². The topological polar surface area (TPSA) is 83.2 Å². The van der Waals surface area contributed by atoms with E-state index in [4.69, 9.17) is 5.84 Å². The fourth-order valence-corrected chi connectivity index (χ4v) is 1.53. The Bertz CT molecular complexity index is 397. The summed E-state index contributed by atoms with van der Waals surface area (Å²) < 4.78 is 24.8. The van der Waals surface area contributed by atoms with Crippen molar-refractivity contribution in [2.45, 2.75) is 20.3 Å². The molecule has 0 atom stereocenters. The lowest BCUT2D eigenvalue weighted by Gasteiger charge is -2.22. The van der Waals surface area contributed by atoms with E-state index in [1.54, 1.807) is 0 Å². The maximum atomic E-state index is 12.4. The van der Waals surface area contributed by atoms with Crippen LogP contribution in [0.3, 0.4) is 0 Å². The third-order valence-electron chi connectivity index (χ3n) is 2.54. The van der Waals surface area contributed by atoms with Gasteiger partial charge in [0, 0.05) is 20.1 Å². The molecule has 0 fully saturated rings. The second kappa shape index (κ2) is 6.98. The van der Waals surface area contributed by atoms with Crippen LogP contribution < -0.4 is 21.1 Å². The smallest absolute Gasteiger partial charge is 0.255 e. The molecule has 0 saturated carbocycles. The molecule has 0 bridgehead atoms. The third-order valence-corrected chi connectivity index (χ3v) is 2.54. The Balaban J connectivity index is 3.07. The van der Waals surface area contributed by atoms with E-state index in [0.29, 0.717) is 19.0 Å². The van der Waals surface area contributed by atoms with Gasteiger partial charge in [0.05, 0.1) is 6.54 Å². The van der Waals surface area contributed by atoms with E-state index in [1.165, 1.54) is 11.9 Å². The van der Waals surface area contributed by atoms with Gasteiger partial charge in [0.15, 0.2) is 0 Å². The minimum absolute atomic E-state index is 0.146. The number of nitrogen functional groups attached to an aromatic ring is 1. The first-order valence-corrected chi connectivity index (χ1v) is 5.98. The normalized spacial score (nSPS) is 10.7. The average molecular weight is 275 g/mol. The molecule has 9 heteroatoms. The number of nitrogens with zero attached hydrogens (tertiary/aromatic N) is 5. The molecule has 1 aromatic heterocycles. The van der Waals surface area contributed by atoms with Crippen molar-refractivity contribution in [1.82, 2.24) is 15.0 Å². The van der Waals surface area contributed by atoms with Crippen molar-refractivity contribution in [3.8, 4) is 0 Å². The highest BCUT2D eigenvalue weighted by Gasteiger charge is 2.15. The standard InChI is InChI=1S/C10H19F2N7/c1-4-19(5-2)10-15-8(17-13)14-9(16-10)18(3)6-7(11)12/h7H,4-6,13H2,1-3H3,(H,14,15,16,17). The van der Waals surface area contributed by atoms with Crippen LogP contribution in [0.5, 0.6) is 0 Å². The summed E-state index contributed by atoms with van der Waals surface area (Å²) in [5, 5.41) is 0. The van der Waals surface area contributed by atoms with Crippen molar-refractivity contribution in [3.05, 3.63) is 0 Å². The quantitative estimate of drug-likeness (QED) is 0.560. The molecule has 7 nitrogen and oxygen atoms in total. The third kappa shape index (κ3) is 4.12. The number of alkyl halides is 2. The maximum Gasteiger partial charge on any atom is 0.255 e. The summed E-state index contributed by atoms with van der Waals surface area (Å²) in [7, 11) is 1.49. The Morgan fingerprint density at radius 1 is 1.16 bits per heavy atom. The summed E-state index contributed by atoms with van der Waals surface area (Å²) in [6, 6.07) is 0. The second-order valence-electron chi connectivity index (χ2n) is 3.85. The number of aromatic nitrogens is 3. The lowest BCUT2D eigenvalue weighted by atomic mass is 10.5. The van der Waals surface area contributed by atoms with Gasteiger partial charge in [-0.2, -0.15) is 15.0 Å². The Hall–Kier alpha value is -1.77. The Morgan fingerprint density at radius 3 is 2.21 bits per heavy atom. The molecule has 0 radical (unpaired) electrons. The Kier molecular flexibility index (Phi) is 5.61. The van der Waals surface area contributed by atoms with Crippen LogP contribution in [0.1, 0.15) is 13.8 Å². The van der Waals surface area contributed by atoms with Gasteiger partial charge in [-0.3, -0.25) is 5.43 Å². The zero-order valence-corrected chi connectivity index (χ0v) is 11.3. The van der Waals surface area contributed by atoms with E-state index in [1.807, 2.05) is 18.7 Å². The van der Waals surface area contributed by atoms with E-state index >= 15 is 0 Å². The minimum Gasteiger partial charge on any atom is -0.341 e. The van der Waals surface area contributed by atoms with Crippen molar-refractivity contribution < 1.29 is 8.78 Å². The van der Waals surface area contributed by atoms with E-state index < -0.39 is 13.0 Å². The van der Waals surface area contributed by atoms with Gasteiger partial charge >= 0.3 is 0 Å². The Labute approximate surface area is 110 Å². The molecule has 0 aliphatic heterocycles. The molecule has 108 valence electrons. The average Bonchev–Trinajstić information content (AvgIpc) is 2.39. The first-order chi connectivity index (χ1) is 9.01. The van der Waals surface area contributed by atoms with E-state index in [2.05, 4.69) is 20.4 Å². The van der Waals surface area contributed by atoms with Crippen LogP contribution in [0, 0.1) is 0 Å². The summed E-state index contributed by atoms with van der Waals surface area (Å²) in [6.45, 7) is 4.84. The van der Waals surface area contributed by atoms with E-state index in [9.17, 15) is 8.78 Å². The number of anilines is 3. The van der Waals surface area contributed by atoms with Crippen LogP contribution in [-0.2, 0) is 0 Å². The molecule has 0 saturated heterocycles. The summed E-state index contributed by atoms with van der Waals surface area (Å²) in [6.07, 6.45) is -2.46. The summed E-state index contributed by atoms with van der Waals surface area (Å²) in [5.74, 6) is 5.99. The molecule has 19 heavy (non-hydrogen) atoms. The summed E-state index contributed by atoms with van der Waals surface area (Å²) >= 11 is 0. The van der Waals surface area contributed by atoms with Gasteiger partial charge < -0.3 is 9.80 Å². The summed E-state index contributed by atoms with van der Waals surface area (Å²) in [4.78, 5) is 15.4. The van der Waals surface area contributed by atoms with Crippen molar-refractivity contribution in [2.24, 2.45) is 5.84 Å². The SMILES string of the molecule is CCN(CC)c1nc(NN)nc(N(C)CC(F)F)n1.